The van der Waals surface area contributed by atoms with Gasteiger partial charge in [-0.1, -0.05) is 24.3 Å². The number of nitrogens with one attached hydrogen (secondary N) is 1. The Hall–Kier alpha value is -2.64. The van der Waals surface area contributed by atoms with Gasteiger partial charge in [-0.25, -0.2) is 4.90 Å². The Balaban J connectivity index is 1.21. The van der Waals surface area contributed by atoms with Crippen molar-refractivity contribution in [3.63, 3.8) is 0 Å². The van der Waals surface area contributed by atoms with Crippen molar-refractivity contribution in [3.8, 4) is 5.75 Å². The molecular formula is C22H22N2O4S. The summed E-state index contributed by atoms with van der Waals surface area (Å²) in [6.45, 7) is 1.43. The van der Waals surface area contributed by atoms with Crippen molar-refractivity contribution < 1.29 is 19.1 Å². The number of carbonyl (C=O) groups is 3. The number of fused-ring (bicyclic) bond motifs is 2. The average molecular weight is 410 g/mol. The quantitative estimate of drug-likeness (QED) is 0.559. The first-order valence-electron chi connectivity index (χ1n) is 9.75. The Labute approximate surface area is 173 Å². The first kappa shape index (κ1) is 19.7. The lowest BCUT2D eigenvalue weighted by molar-refractivity contribution is -0.126. The number of imide groups is 3. The van der Waals surface area contributed by atoms with Crippen molar-refractivity contribution in [2.24, 2.45) is 0 Å². The fourth-order valence-corrected chi connectivity index (χ4v) is 4.67. The smallest absolute Gasteiger partial charge is 0.268 e. The molecule has 0 radical (unpaired) electrons. The molecule has 0 saturated heterocycles. The Morgan fingerprint density at radius 1 is 1.03 bits per heavy atom. The van der Waals surface area contributed by atoms with E-state index >= 15 is 0 Å². The summed E-state index contributed by atoms with van der Waals surface area (Å²) in [5.41, 5.74) is 1.92. The van der Waals surface area contributed by atoms with Crippen LogP contribution in [0.1, 0.15) is 39.1 Å². The standard InChI is InChI=1S/C22H22N2O4S/c25-19(24-21(26)16-7-1-2-8-17(16)22(24)27)10-11-23-12-13-28-18-9-3-5-15-6-4-14-29-20(15)18/h1-3,5,7-9,23H,4,6,10-14H2. The fraction of sp³-hybridized carbons (Fsp3) is 0.318. The van der Waals surface area contributed by atoms with Crippen molar-refractivity contribution in [2.45, 2.75) is 24.2 Å². The molecule has 2 heterocycles. The summed E-state index contributed by atoms with van der Waals surface area (Å²) in [6.07, 6.45) is 2.36. The predicted molar refractivity (Wildman–Crippen MR) is 110 cm³/mol. The second-order valence-corrected chi connectivity index (χ2v) is 8.04. The molecular weight excluding hydrogens is 388 g/mol. The summed E-state index contributed by atoms with van der Waals surface area (Å²) < 4.78 is 5.90. The molecule has 29 heavy (non-hydrogen) atoms. The molecule has 0 spiro atoms. The molecule has 0 bridgehead atoms. The maximum atomic E-state index is 12.4. The molecule has 0 saturated carbocycles. The van der Waals surface area contributed by atoms with Crippen LogP contribution < -0.4 is 10.1 Å². The van der Waals surface area contributed by atoms with Crippen LogP contribution in [0.5, 0.6) is 5.75 Å². The van der Waals surface area contributed by atoms with Gasteiger partial charge in [-0.05, 0) is 42.4 Å². The van der Waals surface area contributed by atoms with E-state index in [9.17, 15) is 14.4 Å². The molecule has 2 aliphatic rings. The number of benzene rings is 2. The summed E-state index contributed by atoms with van der Waals surface area (Å²) in [7, 11) is 0. The van der Waals surface area contributed by atoms with Gasteiger partial charge in [-0.3, -0.25) is 14.4 Å². The normalized spacial score (nSPS) is 15.2. The topological polar surface area (TPSA) is 75.7 Å². The Bertz CT molecular complexity index is 925. The van der Waals surface area contributed by atoms with Crippen LogP contribution in [0.25, 0.3) is 0 Å². The third-order valence-electron chi connectivity index (χ3n) is 4.99. The Morgan fingerprint density at radius 3 is 2.55 bits per heavy atom. The van der Waals surface area contributed by atoms with Crippen LogP contribution in [0, 0.1) is 0 Å². The van der Waals surface area contributed by atoms with Gasteiger partial charge >= 0.3 is 0 Å². The number of aryl methyl sites for hydroxylation is 1. The van der Waals surface area contributed by atoms with Crippen molar-refractivity contribution in [2.75, 3.05) is 25.4 Å². The Morgan fingerprint density at radius 2 is 1.79 bits per heavy atom. The average Bonchev–Trinajstić information content (AvgIpc) is 3.01. The van der Waals surface area contributed by atoms with Gasteiger partial charge < -0.3 is 10.1 Å². The molecule has 7 heteroatoms. The maximum Gasteiger partial charge on any atom is 0.268 e. The second-order valence-electron chi connectivity index (χ2n) is 6.93. The lowest BCUT2D eigenvalue weighted by atomic mass is 10.1. The molecule has 1 N–H and O–H groups in total. The molecule has 0 unspecified atom stereocenters. The lowest BCUT2D eigenvalue weighted by Crippen LogP contribution is -2.38. The third-order valence-corrected chi connectivity index (χ3v) is 6.24. The van der Waals surface area contributed by atoms with Gasteiger partial charge in [0.15, 0.2) is 0 Å². The number of hydrogen-bond acceptors (Lipinski definition) is 6. The molecule has 3 amide bonds. The molecule has 2 aromatic rings. The van der Waals surface area contributed by atoms with Gasteiger partial charge in [0.1, 0.15) is 12.4 Å². The van der Waals surface area contributed by atoms with Gasteiger partial charge in [-0.15, -0.1) is 11.8 Å². The van der Waals surface area contributed by atoms with Crippen molar-refractivity contribution in [1.82, 2.24) is 10.2 Å². The molecule has 2 aromatic carbocycles. The SMILES string of the molecule is O=C(CCNCCOc1cccc2c1SCCC2)N1C(=O)c2ccccc2C1=O. The Kier molecular flexibility index (Phi) is 5.97. The van der Waals surface area contributed by atoms with Crippen LogP contribution in [0.4, 0.5) is 0 Å². The minimum atomic E-state index is -0.537. The van der Waals surface area contributed by atoms with Crippen LogP contribution in [-0.2, 0) is 11.2 Å². The van der Waals surface area contributed by atoms with E-state index < -0.39 is 17.7 Å². The van der Waals surface area contributed by atoms with Crippen LogP contribution >= 0.6 is 11.8 Å². The monoisotopic (exact) mass is 410 g/mol. The summed E-state index contributed by atoms with van der Waals surface area (Å²) in [4.78, 5) is 38.9. The highest BCUT2D eigenvalue weighted by Gasteiger charge is 2.38. The molecule has 0 aliphatic carbocycles. The summed E-state index contributed by atoms with van der Waals surface area (Å²) >= 11 is 1.84. The minimum Gasteiger partial charge on any atom is -0.491 e. The van der Waals surface area contributed by atoms with Gasteiger partial charge in [-0.2, -0.15) is 0 Å². The third kappa shape index (κ3) is 4.06. The fourth-order valence-electron chi connectivity index (χ4n) is 3.55. The first-order chi connectivity index (χ1) is 14.2. The van der Waals surface area contributed by atoms with Gasteiger partial charge in [0.25, 0.3) is 11.8 Å². The van der Waals surface area contributed by atoms with Crippen LogP contribution in [-0.4, -0.2) is 48.1 Å². The van der Waals surface area contributed by atoms with E-state index in [0.29, 0.717) is 19.7 Å². The van der Waals surface area contributed by atoms with Crippen LogP contribution in [0.2, 0.25) is 0 Å². The number of rotatable bonds is 7. The van der Waals surface area contributed by atoms with Gasteiger partial charge in [0.05, 0.1) is 16.0 Å². The van der Waals surface area contributed by atoms with E-state index in [2.05, 4.69) is 11.4 Å². The zero-order valence-corrected chi connectivity index (χ0v) is 16.8. The minimum absolute atomic E-state index is 0.0715. The number of carbonyl (C=O) groups excluding carboxylic acids is 3. The zero-order chi connectivity index (χ0) is 20.2. The van der Waals surface area contributed by atoms with E-state index in [1.54, 1.807) is 24.3 Å². The molecule has 6 nitrogen and oxygen atoms in total. The molecule has 0 fully saturated rings. The maximum absolute atomic E-state index is 12.4. The van der Waals surface area contributed by atoms with Gasteiger partial charge in [0, 0.05) is 19.5 Å². The highest BCUT2D eigenvalue weighted by Crippen LogP contribution is 2.37. The van der Waals surface area contributed by atoms with E-state index in [4.69, 9.17) is 4.74 Å². The van der Waals surface area contributed by atoms with Crippen molar-refractivity contribution >= 4 is 29.5 Å². The molecule has 0 aromatic heterocycles. The number of amides is 3. The number of nitrogens with zero attached hydrogens (tertiary/aromatic N) is 1. The molecule has 2 aliphatic heterocycles. The highest BCUT2D eigenvalue weighted by molar-refractivity contribution is 7.99. The van der Waals surface area contributed by atoms with Crippen LogP contribution in [0.3, 0.4) is 0 Å². The number of hydrogen-bond donors (Lipinski definition) is 1. The molecule has 150 valence electrons. The van der Waals surface area contributed by atoms with Crippen LogP contribution in [0.15, 0.2) is 47.4 Å². The first-order valence-corrected chi connectivity index (χ1v) is 10.7. The largest absolute Gasteiger partial charge is 0.491 e. The molecule has 4 rings (SSSR count). The second kappa shape index (κ2) is 8.80. The predicted octanol–water partition coefficient (Wildman–Crippen LogP) is 2.91. The highest BCUT2D eigenvalue weighted by atomic mass is 32.2. The summed E-state index contributed by atoms with van der Waals surface area (Å²) in [6, 6.07) is 12.7. The van der Waals surface area contributed by atoms with Gasteiger partial charge in [0.2, 0.25) is 5.91 Å². The van der Waals surface area contributed by atoms with E-state index in [-0.39, 0.29) is 17.5 Å². The summed E-state index contributed by atoms with van der Waals surface area (Å²) in [5, 5.41) is 3.14. The van der Waals surface area contributed by atoms with Crippen molar-refractivity contribution in [3.05, 3.63) is 59.2 Å². The van der Waals surface area contributed by atoms with E-state index in [1.165, 1.54) is 16.9 Å². The van der Waals surface area contributed by atoms with E-state index in [1.807, 2.05) is 23.9 Å². The zero-order valence-electron chi connectivity index (χ0n) is 16.0. The number of ether oxygens (including phenoxy) is 1. The lowest BCUT2D eigenvalue weighted by Gasteiger charge is -2.19. The molecule has 0 atom stereocenters. The van der Waals surface area contributed by atoms with Crippen molar-refractivity contribution in [1.29, 1.82) is 0 Å². The van der Waals surface area contributed by atoms with E-state index in [0.717, 1.165) is 22.8 Å². The summed E-state index contributed by atoms with van der Waals surface area (Å²) in [5.74, 6) is 0.468. The number of thioether (sulfide) groups is 1.